The summed E-state index contributed by atoms with van der Waals surface area (Å²) < 4.78 is 18.3. The van der Waals surface area contributed by atoms with Gasteiger partial charge in [0.15, 0.2) is 5.82 Å². The second-order valence-electron chi connectivity index (χ2n) is 7.23. The number of hydrogen-bond acceptors (Lipinski definition) is 7. The summed E-state index contributed by atoms with van der Waals surface area (Å²) in [6.45, 7) is 2.88. The Bertz CT molecular complexity index is 1310. The van der Waals surface area contributed by atoms with Gasteiger partial charge in [0.2, 0.25) is 4.96 Å². The van der Waals surface area contributed by atoms with Gasteiger partial charge in [-0.1, -0.05) is 31.1 Å². The average Bonchev–Trinajstić information content (AvgIpc) is 3.36. The van der Waals surface area contributed by atoms with E-state index in [4.69, 9.17) is 14.2 Å². The second kappa shape index (κ2) is 9.82. The molecule has 2 aromatic heterocycles. The molecule has 0 aliphatic rings. The molecule has 2 heterocycles. The summed E-state index contributed by atoms with van der Waals surface area (Å²) in [5, 5.41) is 4.42. The van der Waals surface area contributed by atoms with Crippen LogP contribution < -0.4 is 24.3 Å². The van der Waals surface area contributed by atoms with E-state index in [9.17, 15) is 4.79 Å². The third kappa shape index (κ3) is 4.60. The van der Waals surface area contributed by atoms with Crippen LogP contribution in [0.2, 0.25) is 0 Å². The number of ether oxygens (including phenoxy) is 3. The van der Waals surface area contributed by atoms with Crippen molar-refractivity contribution in [2.45, 2.75) is 26.2 Å². The van der Waals surface area contributed by atoms with Crippen molar-refractivity contribution in [1.82, 2.24) is 14.6 Å². The molecule has 0 aliphatic heterocycles. The molecule has 32 heavy (non-hydrogen) atoms. The van der Waals surface area contributed by atoms with Gasteiger partial charge in [-0.2, -0.15) is 9.50 Å². The summed E-state index contributed by atoms with van der Waals surface area (Å²) in [6, 6.07) is 13.1. The number of benzene rings is 2. The number of nitrogens with zero attached hydrogens (tertiary/aromatic N) is 3. The average molecular weight is 452 g/mol. The van der Waals surface area contributed by atoms with Gasteiger partial charge in [0, 0.05) is 17.2 Å². The van der Waals surface area contributed by atoms with Gasteiger partial charge < -0.3 is 14.2 Å². The lowest BCUT2D eigenvalue weighted by Crippen LogP contribution is -2.23. The highest BCUT2D eigenvalue weighted by Gasteiger charge is 2.13. The molecule has 166 valence electrons. The molecule has 0 unspecified atom stereocenters. The normalized spacial score (nSPS) is 11.8. The molecule has 0 amide bonds. The number of fused-ring (bicyclic) bond motifs is 1. The maximum absolute atomic E-state index is 12.9. The lowest BCUT2D eigenvalue weighted by atomic mass is 10.2. The summed E-state index contributed by atoms with van der Waals surface area (Å²) in [5.74, 6) is 2.65. The van der Waals surface area contributed by atoms with Crippen LogP contribution in [0.25, 0.3) is 22.4 Å². The molecular weight excluding hydrogens is 426 g/mol. The molecule has 0 aliphatic carbocycles. The predicted molar refractivity (Wildman–Crippen MR) is 126 cm³/mol. The van der Waals surface area contributed by atoms with Crippen molar-refractivity contribution in [2.24, 2.45) is 0 Å². The van der Waals surface area contributed by atoms with Crippen LogP contribution in [0, 0.1) is 0 Å². The van der Waals surface area contributed by atoms with Crippen LogP contribution in [0.4, 0.5) is 0 Å². The van der Waals surface area contributed by atoms with Crippen molar-refractivity contribution >= 4 is 22.4 Å². The Balaban J connectivity index is 1.58. The molecule has 0 spiro atoms. The van der Waals surface area contributed by atoms with E-state index in [2.05, 4.69) is 17.0 Å². The first-order valence-electron chi connectivity index (χ1n) is 10.5. The largest absolute Gasteiger partial charge is 0.497 e. The highest BCUT2D eigenvalue weighted by atomic mass is 32.1. The molecule has 7 nitrogen and oxygen atoms in total. The third-order valence-electron chi connectivity index (χ3n) is 5.04. The fourth-order valence-corrected chi connectivity index (χ4v) is 4.18. The first-order chi connectivity index (χ1) is 15.6. The molecule has 8 heteroatoms. The molecule has 0 atom stereocenters. The van der Waals surface area contributed by atoms with Crippen LogP contribution in [0.5, 0.6) is 17.2 Å². The summed E-state index contributed by atoms with van der Waals surface area (Å²) in [5.41, 5.74) is 1.41. The van der Waals surface area contributed by atoms with Crippen LogP contribution in [-0.2, 0) is 0 Å². The summed E-state index contributed by atoms with van der Waals surface area (Å²) in [7, 11) is 3.18. The fourth-order valence-electron chi connectivity index (χ4n) is 3.28. The number of rotatable bonds is 9. The second-order valence-corrected chi connectivity index (χ2v) is 8.24. The number of thiazole rings is 1. The molecule has 0 bridgehead atoms. The topological polar surface area (TPSA) is 75.0 Å². The Hall–Kier alpha value is -3.39. The molecule has 4 aromatic rings. The van der Waals surface area contributed by atoms with Gasteiger partial charge >= 0.3 is 0 Å². The van der Waals surface area contributed by atoms with Crippen molar-refractivity contribution in [3.63, 3.8) is 0 Å². The van der Waals surface area contributed by atoms with Crippen LogP contribution in [-0.4, -0.2) is 35.4 Å². The highest BCUT2D eigenvalue weighted by molar-refractivity contribution is 7.15. The van der Waals surface area contributed by atoms with Gasteiger partial charge in [-0.3, -0.25) is 4.79 Å². The van der Waals surface area contributed by atoms with E-state index in [1.807, 2.05) is 36.4 Å². The van der Waals surface area contributed by atoms with E-state index < -0.39 is 0 Å². The van der Waals surface area contributed by atoms with Gasteiger partial charge in [0.1, 0.15) is 17.2 Å². The summed E-state index contributed by atoms with van der Waals surface area (Å²) in [6.07, 6.45) is 5.16. The van der Waals surface area contributed by atoms with Crippen molar-refractivity contribution in [2.75, 3.05) is 20.8 Å². The molecule has 0 N–H and O–H groups in total. The quantitative estimate of drug-likeness (QED) is 0.359. The minimum atomic E-state index is -0.211. The SMILES string of the molecule is CCCCCOc1ccc(-c2nc3s/c(=C\c4ccc(OC)cc4OC)c(=O)n3n2)cc1. The molecule has 2 aromatic carbocycles. The van der Waals surface area contributed by atoms with E-state index in [-0.39, 0.29) is 5.56 Å². The highest BCUT2D eigenvalue weighted by Crippen LogP contribution is 2.25. The molecule has 0 fully saturated rings. The van der Waals surface area contributed by atoms with E-state index in [1.165, 1.54) is 22.3 Å². The van der Waals surface area contributed by atoms with Gasteiger partial charge in [-0.25, -0.2) is 0 Å². The first kappa shape index (κ1) is 21.8. The lowest BCUT2D eigenvalue weighted by molar-refractivity contribution is 0.306. The number of hydrogen-bond donors (Lipinski definition) is 0. The molecule has 0 saturated carbocycles. The van der Waals surface area contributed by atoms with Crippen LogP contribution in [0.15, 0.2) is 47.3 Å². The Labute approximate surface area is 189 Å². The van der Waals surface area contributed by atoms with E-state index >= 15 is 0 Å². The summed E-state index contributed by atoms with van der Waals surface area (Å²) in [4.78, 5) is 18.0. The molecule has 4 rings (SSSR count). The number of unbranched alkanes of at least 4 members (excludes halogenated alkanes) is 2. The minimum absolute atomic E-state index is 0.211. The van der Waals surface area contributed by atoms with Crippen molar-refractivity contribution in [3.05, 3.63) is 62.9 Å². The molecule has 0 radical (unpaired) electrons. The van der Waals surface area contributed by atoms with E-state index in [1.54, 1.807) is 26.4 Å². The Morgan fingerprint density at radius 3 is 2.50 bits per heavy atom. The lowest BCUT2D eigenvalue weighted by Gasteiger charge is -2.06. The van der Waals surface area contributed by atoms with E-state index in [0.29, 0.717) is 33.4 Å². The molecular formula is C24H25N3O4S. The Morgan fingerprint density at radius 2 is 1.81 bits per heavy atom. The first-order valence-corrected chi connectivity index (χ1v) is 11.3. The predicted octanol–water partition coefficient (Wildman–Crippen LogP) is 3.95. The van der Waals surface area contributed by atoms with Crippen molar-refractivity contribution in [3.8, 4) is 28.6 Å². The smallest absolute Gasteiger partial charge is 0.291 e. The standard InChI is InChI=1S/C24H25N3O4S/c1-4-5-6-13-31-18-10-7-16(8-11-18)22-25-24-27(26-22)23(28)21(32-24)14-17-9-12-19(29-2)15-20(17)30-3/h7-12,14-15H,4-6,13H2,1-3H3/b21-14-. The van der Waals surface area contributed by atoms with Gasteiger partial charge in [0.05, 0.1) is 25.4 Å². The van der Waals surface area contributed by atoms with Gasteiger partial charge in [0.25, 0.3) is 5.56 Å². The minimum Gasteiger partial charge on any atom is -0.497 e. The fraction of sp³-hybridized carbons (Fsp3) is 0.292. The maximum Gasteiger partial charge on any atom is 0.291 e. The van der Waals surface area contributed by atoms with Crippen molar-refractivity contribution < 1.29 is 14.2 Å². The Morgan fingerprint density at radius 1 is 1.03 bits per heavy atom. The molecule has 0 saturated heterocycles. The Kier molecular flexibility index (Phi) is 6.70. The summed E-state index contributed by atoms with van der Waals surface area (Å²) >= 11 is 1.29. The van der Waals surface area contributed by atoms with Crippen molar-refractivity contribution in [1.29, 1.82) is 0 Å². The maximum atomic E-state index is 12.9. The van der Waals surface area contributed by atoms with Gasteiger partial charge in [-0.05, 0) is 48.9 Å². The monoisotopic (exact) mass is 451 g/mol. The zero-order chi connectivity index (χ0) is 22.5. The number of methoxy groups -OCH3 is 2. The van der Waals surface area contributed by atoms with E-state index in [0.717, 1.165) is 29.7 Å². The van der Waals surface area contributed by atoms with Crippen LogP contribution >= 0.6 is 11.3 Å². The van der Waals surface area contributed by atoms with Gasteiger partial charge in [-0.15, -0.1) is 5.10 Å². The van der Waals surface area contributed by atoms with Crippen LogP contribution in [0.1, 0.15) is 31.7 Å². The number of aromatic nitrogens is 3. The third-order valence-corrected chi connectivity index (χ3v) is 6.00. The zero-order valence-electron chi connectivity index (χ0n) is 18.3. The zero-order valence-corrected chi connectivity index (χ0v) is 19.1. The van der Waals surface area contributed by atoms with Crippen LogP contribution in [0.3, 0.4) is 0 Å².